The van der Waals surface area contributed by atoms with Gasteiger partial charge in [-0.25, -0.2) is 9.97 Å². The zero-order chi connectivity index (χ0) is 21.8. The molecule has 1 aliphatic rings. The van der Waals surface area contributed by atoms with Crippen LogP contribution in [0.5, 0.6) is 0 Å². The summed E-state index contributed by atoms with van der Waals surface area (Å²) in [5, 5.41) is 3.64. The van der Waals surface area contributed by atoms with Crippen LogP contribution in [0.4, 0.5) is 5.82 Å². The highest BCUT2D eigenvalue weighted by atomic mass is 16.2. The van der Waals surface area contributed by atoms with Crippen molar-refractivity contribution in [2.24, 2.45) is 0 Å². The van der Waals surface area contributed by atoms with E-state index in [1.807, 2.05) is 30.3 Å². The van der Waals surface area contributed by atoms with Crippen LogP contribution >= 0.6 is 0 Å². The number of carbonyl (C=O) groups is 2. The highest BCUT2D eigenvalue weighted by Gasteiger charge is 2.26. The van der Waals surface area contributed by atoms with E-state index in [0.717, 1.165) is 10.9 Å². The molecule has 0 spiro atoms. The zero-order valence-electron chi connectivity index (χ0n) is 17.5. The van der Waals surface area contributed by atoms with Crippen LogP contribution in [0.3, 0.4) is 0 Å². The van der Waals surface area contributed by atoms with E-state index in [9.17, 15) is 9.59 Å². The number of benzene rings is 2. The van der Waals surface area contributed by atoms with Crippen molar-refractivity contribution in [3.05, 3.63) is 66.0 Å². The molecule has 3 aromatic rings. The third-order valence-electron chi connectivity index (χ3n) is 5.48. The van der Waals surface area contributed by atoms with Crippen molar-refractivity contribution in [2.75, 3.05) is 31.9 Å². The van der Waals surface area contributed by atoms with Gasteiger partial charge in [0.05, 0.1) is 12.1 Å². The number of nitrogen functional groups attached to an aromatic ring is 1. The van der Waals surface area contributed by atoms with E-state index in [4.69, 9.17) is 5.73 Å². The molecule has 3 N–H and O–H groups in total. The summed E-state index contributed by atoms with van der Waals surface area (Å²) in [6.07, 6.45) is 0. The van der Waals surface area contributed by atoms with E-state index in [1.54, 1.807) is 36.1 Å². The van der Waals surface area contributed by atoms with Gasteiger partial charge in [-0.1, -0.05) is 30.3 Å². The average Bonchev–Trinajstić information content (AvgIpc) is 2.79. The van der Waals surface area contributed by atoms with Gasteiger partial charge in [0, 0.05) is 37.1 Å². The number of amides is 2. The van der Waals surface area contributed by atoms with Gasteiger partial charge in [-0.05, 0) is 31.2 Å². The zero-order valence-corrected chi connectivity index (χ0v) is 17.5. The van der Waals surface area contributed by atoms with E-state index >= 15 is 0 Å². The molecule has 8 heteroatoms. The van der Waals surface area contributed by atoms with Gasteiger partial charge in [0.2, 0.25) is 5.91 Å². The third-order valence-corrected chi connectivity index (χ3v) is 5.48. The predicted molar refractivity (Wildman–Crippen MR) is 119 cm³/mol. The minimum atomic E-state index is -0.581. The molecule has 0 radical (unpaired) electrons. The highest BCUT2D eigenvalue weighted by molar-refractivity contribution is 5.97. The van der Waals surface area contributed by atoms with Crippen molar-refractivity contribution in [1.29, 1.82) is 0 Å². The first-order valence-electron chi connectivity index (χ1n) is 10.4. The Morgan fingerprint density at radius 2 is 1.68 bits per heavy atom. The molecule has 1 saturated heterocycles. The fourth-order valence-electron chi connectivity index (χ4n) is 3.75. The normalized spacial score (nSPS) is 15.6. The van der Waals surface area contributed by atoms with Crippen molar-refractivity contribution in [3.63, 3.8) is 0 Å². The van der Waals surface area contributed by atoms with Gasteiger partial charge >= 0.3 is 0 Å². The Bertz CT molecular complexity index is 1080. The molecule has 160 valence electrons. The summed E-state index contributed by atoms with van der Waals surface area (Å²) in [5.74, 6) is 0.845. The van der Waals surface area contributed by atoms with Crippen LogP contribution in [-0.2, 0) is 11.3 Å². The number of para-hydroxylation sites is 1. The first-order chi connectivity index (χ1) is 15.0. The van der Waals surface area contributed by atoms with E-state index in [1.165, 1.54) is 0 Å². The molecule has 1 unspecified atom stereocenters. The lowest BCUT2D eigenvalue weighted by atomic mass is 10.2. The first kappa shape index (κ1) is 20.7. The second-order valence-corrected chi connectivity index (χ2v) is 7.70. The highest BCUT2D eigenvalue weighted by Crippen LogP contribution is 2.18. The Hall–Kier alpha value is -3.52. The molecule has 1 aliphatic heterocycles. The first-order valence-corrected chi connectivity index (χ1v) is 10.4. The molecule has 8 nitrogen and oxygen atoms in total. The van der Waals surface area contributed by atoms with E-state index in [-0.39, 0.29) is 11.8 Å². The molecule has 1 atom stereocenters. The summed E-state index contributed by atoms with van der Waals surface area (Å²) >= 11 is 0. The van der Waals surface area contributed by atoms with E-state index < -0.39 is 6.04 Å². The quantitative estimate of drug-likeness (QED) is 0.653. The predicted octanol–water partition coefficient (Wildman–Crippen LogP) is 1.67. The maximum absolute atomic E-state index is 12.8. The Kier molecular flexibility index (Phi) is 6.08. The van der Waals surface area contributed by atoms with Crippen LogP contribution in [0.25, 0.3) is 10.9 Å². The number of rotatable bonds is 5. The van der Waals surface area contributed by atoms with Crippen molar-refractivity contribution in [3.8, 4) is 0 Å². The average molecular weight is 419 g/mol. The Balaban J connectivity index is 1.31. The lowest BCUT2D eigenvalue weighted by Crippen LogP contribution is -2.54. The lowest BCUT2D eigenvalue weighted by molar-refractivity contribution is -0.134. The number of anilines is 1. The number of piperazine rings is 1. The monoisotopic (exact) mass is 418 g/mol. The number of carbonyl (C=O) groups excluding carboxylic acids is 2. The smallest absolute Gasteiger partial charge is 0.251 e. The SMILES string of the molecule is CC(NC(=O)c1ccccc1)C(=O)N1CCN(Cc2nc(N)c3ccccc3n2)CC1. The molecule has 0 bridgehead atoms. The van der Waals surface area contributed by atoms with Gasteiger partial charge in [0.15, 0.2) is 0 Å². The van der Waals surface area contributed by atoms with E-state index in [0.29, 0.717) is 49.9 Å². The lowest BCUT2D eigenvalue weighted by Gasteiger charge is -2.35. The molecule has 1 fully saturated rings. The number of fused-ring (bicyclic) bond motifs is 1. The molecule has 2 heterocycles. The number of nitrogens with two attached hydrogens (primary N) is 1. The summed E-state index contributed by atoms with van der Waals surface area (Å²) in [4.78, 5) is 38.1. The van der Waals surface area contributed by atoms with Crippen LogP contribution in [-0.4, -0.2) is 63.8 Å². The Morgan fingerprint density at radius 1 is 1.00 bits per heavy atom. The summed E-state index contributed by atoms with van der Waals surface area (Å²) in [6.45, 7) is 4.90. The number of aromatic nitrogens is 2. The van der Waals surface area contributed by atoms with Crippen molar-refractivity contribution >= 4 is 28.5 Å². The second-order valence-electron chi connectivity index (χ2n) is 7.70. The largest absolute Gasteiger partial charge is 0.383 e. The Labute approximate surface area is 181 Å². The molecule has 4 rings (SSSR count). The van der Waals surface area contributed by atoms with Crippen molar-refractivity contribution in [1.82, 2.24) is 25.1 Å². The topological polar surface area (TPSA) is 104 Å². The number of hydrogen-bond acceptors (Lipinski definition) is 6. The molecule has 2 aromatic carbocycles. The van der Waals surface area contributed by atoms with Crippen LogP contribution in [0, 0.1) is 0 Å². The molecule has 0 aliphatic carbocycles. The third kappa shape index (κ3) is 4.80. The summed E-state index contributed by atoms with van der Waals surface area (Å²) in [5.41, 5.74) is 7.46. The van der Waals surface area contributed by atoms with Gasteiger partial charge in [0.25, 0.3) is 5.91 Å². The summed E-state index contributed by atoms with van der Waals surface area (Å²) < 4.78 is 0. The van der Waals surface area contributed by atoms with Gasteiger partial charge in [-0.15, -0.1) is 0 Å². The maximum atomic E-state index is 12.8. The van der Waals surface area contributed by atoms with E-state index in [2.05, 4.69) is 20.2 Å². The fraction of sp³-hybridized carbons (Fsp3) is 0.304. The number of nitrogens with zero attached hydrogens (tertiary/aromatic N) is 4. The van der Waals surface area contributed by atoms with Gasteiger partial charge < -0.3 is 16.0 Å². The standard InChI is InChI=1S/C23H26N6O2/c1-16(25-22(30)17-7-3-2-4-8-17)23(31)29-13-11-28(12-14-29)15-20-26-19-10-6-5-9-18(19)21(24)27-20/h2-10,16H,11-15H2,1H3,(H,25,30)(H2,24,26,27). The van der Waals surface area contributed by atoms with Gasteiger partial charge in [0.1, 0.15) is 17.7 Å². The second kappa shape index (κ2) is 9.09. The maximum Gasteiger partial charge on any atom is 0.251 e. The van der Waals surface area contributed by atoms with Crippen LogP contribution in [0.2, 0.25) is 0 Å². The van der Waals surface area contributed by atoms with Gasteiger partial charge in [-0.2, -0.15) is 0 Å². The van der Waals surface area contributed by atoms with Crippen LogP contribution in [0.1, 0.15) is 23.1 Å². The number of hydrogen-bond donors (Lipinski definition) is 2. The number of nitrogens with one attached hydrogen (secondary N) is 1. The molecular formula is C23H26N6O2. The summed E-state index contributed by atoms with van der Waals surface area (Å²) in [6, 6.07) is 16.0. The molecular weight excluding hydrogens is 392 g/mol. The fourth-order valence-corrected chi connectivity index (χ4v) is 3.75. The molecule has 1 aromatic heterocycles. The molecule has 2 amide bonds. The van der Waals surface area contributed by atoms with Gasteiger partial charge in [-0.3, -0.25) is 14.5 Å². The minimum absolute atomic E-state index is 0.0740. The molecule has 31 heavy (non-hydrogen) atoms. The Morgan fingerprint density at radius 3 is 2.42 bits per heavy atom. The van der Waals surface area contributed by atoms with Crippen molar-refractivity contribution in [2.45, 2.75) is 19.5 Å². The van der Waals surface area contributed by atoms with Crippen LogP contribution < -0.4 is 11.1 Å². The minimum Gasteiger partial charge on any atom is -0.383 e. The summed E-state index contributed by atoms with van der Waals surface area (Å²) in [7, 11) is 0. The van der Waals surface area contributed by atoms with Crippen molar-refractivity contribution < 1.29 is 9.59 Å². The molecule has 0 saturated carbocycles. The van der Waals surface area contributed by atoms with Crippen LogP contribution in [0.15, 0.2) is 54.6 Å².